The molecule has 0 spiro atoms. The molecule has 0 unspecified atom stereocenters. The van der Waals surface area contributed by atoms with Gasteiger partial charge < -0.3 is 10.1 Å². The van der Waals surface area contributed by atoms with Crippen LogP contribution in [-0.4, -0.2) is 18.6 Å². The SMILES string of the molecule is CC(C)NCCCCC(=O)OCc1ccccc1. The summed E-state index contributed by atoms with van der Waals surface area (Å²) in [4.78, 5) is 11.5. The van der Waals surface area contributed by atoms with Crippen molar-refractivity contribution in [1.82, 2.24) is 5.32 Å². The normalized spacial score (nSPS) is 10.6. The Hall–Kier alpha value is -1.35. The maximum absolute atomic E-state index is 11.5. The number of hydrogen-bond donors (Lipinski definition) is 1. The molecule has 0 aromatic heterocycles. The predicted octanol–water partition coefficient (Wildman–Crippen LogP) is 2.90. The van der Waals surface area contributed by atoms with E-state index in [-0.39, 0.29) is 5.97 Å². The molecule has 0 radical (unpaired) electrons. The molecule has 0 fully saturated rings. The first kappa shape index (κ1) is 14.7. The second-order valence-corrected chi connectivity index (χ2v) is 4.71. The van der Waals surface area contributed by atoms with Crippen molar-refractivity contribution in [1.29, 1.82) is 0 Å². The van der Waals surface area contributed by atoms with Crippen molar-refractivity contribution in [3.63, 3.8) is 0 Å². The molecule has 0 atom stereocenters. The molecule has 0 amide bonds. The van der Waals surface area contributed by atoms with Gasteiger partial charge in [-0.1, -0.05) is 44.2 Å². The summed E-state index contributed by atoms with van der Waals surface area (Å²) < 4.78 is 5.20. The summed E-state index contributed by atoms with van der Waals surface area (Å²) in [5.41, 5.74) is 1.03. The molecule has 18 heavy (non-hydrogen) atoms. The second-order valence-electron chi connectivity index (χ2n) is 4.71. The molecular formula is C15H23NO2. The highest BCUT2D eigenvalue weighted by Crippen LogP contribution is 2.03. The highest BCUT2D eigenvalue weighted by Gasteiger charge is 2.03. The van der Waals surface area contributed by atoms with Gasteiger partial charge in [-0.25, -0.2) is 0 Å². The molecule has 1 aromatic rings. The first-order valence-corrected chi connectivity index (χ1v) is 6.61. The van der Waals surface area contributed by atoms with Gasteiger partial charge in [0.15, 0.2) is 0 Å². The number of benzene rings is 1. The molecule has 100 valence electrons. The number of rotatable bonds is 8. The maximum Gasteiger partial charge on any atom is 0.306 e. The van der Waals surface area contributed by atoms with E-state index in [1.54, 1.807) is 0 Å². The minimum atomic E-state index is -0.108. The lowest BCUT2D eigenvalue weighted by molar-refractivity contribution is -0.145. The van der Waals surface area contributed by atoms with Gasteiger partial charge in [0.1, 0.15) is 6.61 Å². The van der Waals surface area contributed by atoms with Crippen molar-refractivity contribution in [2.45, 2.75) is 45.8 Å². The number of unbranched alkanes of at least 4 members (excludes halogenated alkanes) is 1. The van der Waals surface area contributed by atoms with E-state index < -0.39 is 0 Å². The van der Waals surface area contributed by atoms with E-state index in [2.05, 4.69) is 19.2 Å². The first-order chi connectivity index (χ1) is 8.68. The molecule has 0 bridgehead atoms. The summed E-state index contributed by atoms with van der Waals surface area (Å²) in [6.07, 6.45) is 2.40. The summed E-state index contributed by atoms with van der Waals surface area (Å²) in [6.45, 7) is 5.58. The number of ether oxygens (including phenoxy) is 1. The van der Waals surface area contributed by atoms with Gasteiger partial charge >= 0.3 is 5.97 Å². The van der Waals surface area contributed by atoms with E-state index in [4.69, 9.17) is 4.74 Å². The zero-order valence-corrected chi connectivity index (χ0v) is 11.3. The minimum Gasteiger partial charge on any atom is -0.461 e. The topological polar surface area (TPSA) is 38.3 Å². The summed E-state index contributed by atoms with van der Waals surface area (Å²) in [5, 5.41) is 3.32. The Morgan fingerprint density at radius 2 is 1.94 bits per heavy atom. The maximum atomic E-state index is 11.5. The Morgan fingerprint density at radius 3 is 2.61 bits per heavy atom. The Kier molecular flexibility index (Phi) is 7.11. The van der Waals surface area contributed by atoms with Crippen LogP contribution in [0.1, 0.15) is 38.7 Å². The van der Waals surface area contributed by atoms with Crippen molar-refractivity contribution < 1.29 is 9.53 Å². The molecule has 0 aliphatic heterocycles. The number of carbonyl (C=O) groups excluding carboxylic acids is 1. The predicted molar refractivity (Wildman–Crippen MR) is 73.2 cm³/mol. The zero-order chi connectivity index (χ0) is 13.2. The molecule has 1 rings (SSSR count). The number of carbonyl (C=O) groups is 1. The van der Waals surface area contributed by atoms with Gasteiger partial charge in [0, 0.05) is 12.5 Å². The molecule has 1 N–H and O–H groups in total. The second kappa shape index (κ2) is 8.70. The van der Waals surface area contributed by atoms with Crippen molar-refractivity contribution >= 4 is 5.97 Å². The van der Waals surface area contributed by atoms with E-state index in [1.807, 2.05) is 30.3 Å². The molecule has 0 aliphatic carbocycles. The molecule has 0 aliphatic rings. The fraction of sp³-hybridized carbons (Fsp3) is 0.533. The van der Waals surface area contributed by atoms with Gasteiger partial charge in [-0.3, -0.25) is 4.79 Å². The van der Waals surface area contributed by atoms with Gasteiger partial charge in [0.2, 0.25) is 0 Å². The Morgan fingerprint density at radius 1 is 1.22 bits per heavy atom. The quantitative estimate of drug-likeness (QED) is 0.568. The van der Waals surface area contributed by atoms with Crippen LogP contribution in [0.15, 0.2) is 30.3 Å². The van der Waals surface area contributed by atoms with Crippen molar-refractivity contribution in [2.24, 2.45) is 0 Å². The summed E-state index contributed by atoms with van der Waals surface area (Å²) in [6, 6.07) is 10.3. The third-order valence-electron chi connectivity index (χ3n) is 2.60. The van der Waals surface area contributed by atoms with E-state index in [0.717, 1.165) is 24.9 Å². The largest absolute Gasteiger partial charge is 0.461 e. The molecular weight excluding hydrogens is 226 g/mol. The van der Waals surface area contributed by atoms with Crippen LogP contribution in [-0.2, 0) is 16.1 Å². The zero-order valence-electron chi connectivity index (χ0n) is 11.3. The number of esters is 1. The molecule has 0 saturated heterocycles. The molecule has 0 saturated carbocycles. The van der Waals surface area contributed by atoms with Gasteiger partial charge in [0.25, 0.3) is 0 Å². The van der Waals surface area contributed by atoms with Gasteiger partial charge in [-0.05, 0) is 24.9 Å². The lowest BCUT2D eigenvalue weighted by Gasteiger charge is -2.07. The van der Waals surface area contributed by atoms with Gasteiger partial charge in [0.05, 0.1) is 0 Å². The smallest absolute Gasteiger partial charge is 0.306 e. The monoisotopic (exact) mass is 249 g/mol. The van der Waals surface area contributed by atoms with Crippen molar-refractivity contribution in [3.05, 3.63) is 35.9 Å². The molecule has 3 heteroatoms. The third kappa shape index (κ3) is 7.07. The molecule has 0 heterocycles. The number of nitrogens with one attached hydrogen (secondary N) is 1. The standard InChI is InChI=1S/C15H23NO2/c1-13(2)16-11-7-6-10-15(17)18-12-14-8-4-3-5-9-14/h3-5,8-9,13,16H,6-7,10-12H2,1-2H3. The number of hydrogen-bond acceptors (Lipinski definition) is 3. The summed E-state index contributed by atoms with van der Waals surface area (Å²) >= 11 is 0. The van der Waals surface area contributed by atoms with E-state index in [1.165, 1.54) is 0 Å². The van der Waals surface area contributed by atoms with Crippen LogP contribution in [0.5, 0.6) is 0 Å². The third-order valence-corrected chi connectivity index (χ3v) is 2.60. The van der Waals surface area contributed by atoms with Crippen LogP contribution in [0.4, 0.5) is 0 Å². The van der Waals surface area contributed by atoms with Crippen molar-refractivity contribution in [3.8, 4) is 0 Å². The highest BCUT2D eigenvalue weighted by atomic mass is 16.5. The van der Waals surface area contributed by atoms with Gasteiger partial charge in [-0.2, -0.15) is 0 Å². The fourth-order valence-electron chi connectivity index (χ4n) is 1.60. The van der Waals surface area contributed by atoms with Crippen LogP contribution in [0, 0.1) is 0 Å². The Balaban J connectivity index is 2.04. The average Bonchev–Trinajstić information content (AvgIpc) is 2.37. The van der Waals surface area contributed by atoms with Gasteiger partial charge in [-0.15, -0.1) is 0 Å². The highest BCUT2D eigenvalue weighted by molar-refractivity contribution is 5.69. The van der Waals surface area contributed by atoms with Crippen LogP contribution in [0.3, 0.4) is 0 Å². The lowest BCUT2D eigenvalue weighted by atomic mass is 10.2. The Bertz CT molecular complexity index is 336. The summed E-state index contributed by atoms with van der Waals surface area (Å²) in [7, 11) is 0. The fourth-order valence-corrected chi connectivity index (χ4v) is 1.60. The van der Waals surface area contributed by atoms with Crippen LogP contribution >= 0.6 is 0 Å². The van der Waals surface area contributed by atoms with Crippen LogP contribution in [0.25, 0.3) is 0 Å². The minimum absolute atomic E-state index is 0.108. The Labute approximate surface area is 110 Å². The van der Waals surface area contributed by atoms with E-state index >= 15 is 0 Å². The molecule has 1 aromatic carbocycles. The first-order valence-electron chi connectivity index (χ1n) is 6.61. The van der Waals surface area contributed by atoms with Crippen LogP contribution in [0.2, 0.25) is 0 Å². The van der Waals surface area contributed by atoms with E-state index in [0.29, 0.717) is 19.1 Å². The average molecular weight is 249 g/mol. The summed E-state index contributed by atoms with van der Waals surface area (Å²) in [5.74, 6) is -0.108. The molecule has 3 nitrogen and oxygen atoms in total. The van der Waals surface area contributed by atoms with Crippen molar-refractivity contribution in [2.75, 3.05) is 6.54 Å². The van der Waals surface area contributed by atoms with Crippen LogP contribution < -0.4 is 5.32 Å². The van der Waals surface area contributed by atoms with E-state index in [9.17, 15) is 4.79 Å². The lowest BCUT2D eigenvalue weighted by Crippen LogP contribution is -2.23.